The van der Waals surface area contributed by atoms with Crippen molar-refractivity contribution in [2.24, 2.45) is 0 Å². The molecule has 0 bridgehead atoms. The van der Waals surface area contributed by atoms with Gasteiger partial charge in [-0.1, -0.05) is 42.5 Å². The van der Waals surface area contributed by atoms with E-state index in [1.807, 2.05) is 61.5 Å². The van der Waals surface area contributed by atoms with E-state index in [1.165, 1.54) is 0 Å². The lowest BCUT2D eigenvalue weighted by molar-refractivity contribution is -0.136. The molecule has 1 saturated heterocycles. The minimum Gasteiger partial charge on any atom is -0.394 e. The Hall–Kier alpha value is -2.41. The second kappa shape index (κ2) is 9.50. The van der Waals surface area contributed by atoms with Crippen LogP contribution in [0.15, 0.2) is 54.6 Å². The normalized spacial score (nSPS) is 22.2. The number of anilines is 1. The summed E-state index contributed by atoms with van der Waals surface area (Å²) in [6.07, 6.45) is 0.164. The zero-order valence-corrected chi connectivity index (χ0v) is 15.4. The lowest BCUT2D eigenvalue weighted by Crippen LogP contribution is -2.48. The standard InChI is InChI=1S/C21H26N2O4/c1-15-6-5-9-17(10-15)22-21(25)23-20-12-18(11-19(13-24)27-20)26-14-16-7-3-2-4-8-16/h2-10,18-20,24H,11-14H2,1H3,(H2,22,23,25). The summed E-state index contributed by atoms with van der Waals surface area (Å²) in [6, 6.07) is 17.2. The smallest absolute Gasteiger partial charge is 0.321 e. The molecule has 2 amide bonds. The Bertz CT molecular complexity index is 738. The number of amides is 2. The van der Waals surface area contributed by atoms with E-state index in [0.29, 0.717) is 19.4 Å². The number of carbonyl (C=O) groups excluding carboxylic acids is 1. The molecule has 0 aliphatic carbocycles. The van der Waals surface area contributed by atoms with Crippen molar-refractivity contribution in [3.63, 3.8) is 0 Å². The van der Waals surface area contributed by atoms with Crippen LogP contribution in [0.5, 0.6) is 0 Å². The Kier molecular flexibility index (Phi) is 6.81. The Morgan fingerprint density at radius 1 is 1.19 bits per heavy atom. The van der Waals surface area contributed by atoms with Gasteiger partial charge in [-0.05, 0) is 30.2 Å². The zero-order chi connectivity index (χ0) is 19.1. The summed E-state index contributed by atoms with van der Waals surface area (Å²) in [7, 11) is 0. The molecule has 3 atom stereocenters. The molecule has 1 aliphatic heterocycles. The van der Waals surface area contributed by atoms with Gasteiger partial charge < -0.3 is 25.2 Å². The first-order valence-electron chi connectivity index (χ1n) is 9.18. The monoisotopic (exact) mass is 370 g/mol. The number of urea groups is 1. The topological polar surface area (TPSA) is 79.8 Å². The second-order valence-electron chi connectivity index (χ2n) is 6.79. The molecule has 0 radical (unpaired) electrons. The number of nitrogens with one attached hydrogen (secondary N) is 2. The fourth-order valence-electron chi connectivity index (χ4n) is 3.14. The van der Waals surface area contributed by atoms with E-state index >= 15 is 0 Å². The first-order chi connectivity index (χ1) is 13.1. The third kappa shape index (κ3) is 6.06. The van der Waals surface area contributed by atoms with Gasteiger partial charge in [0, 0.05) is 18.5 Å². The van der Waals surface area contributed by atoms with Crippen LogP contribution in [0, 0.1) is 6.92 Å². The van der Waals surface area contributed by atoms with E-state index in [0.717, 1.165) is 16.8 Å². The average Bonchev–Trinajstić information content (AvgIpc) is 2.67. The van der Waals surface area contributed by atoms with Crippen LogP contribution in [0.25, 0.3) is 0 Å². The molecule has 3 rings (SSSR count). The maximum Gasteiger partial charge on any atom is 0.321 e. The Labute approximate surface area is 159 Å². The highest BCUT2D eigenvalue weighted by molar-refractivity contribution is 5.89. The highest BCUT2D eigenvalue weighted by Gasteiger charge is 2.30. The molecule has 0 spiro atoms. The number of carbonyl (C=O) groups is 1. The number of benzene rings is 2. The lowest BCUT2D eigenvalue weighted by Gasteiger charge is -2.34. The Balaban J connectivity index is 1.53. The fraction of sp³-hybridized carbons (Fsp3) is 0.381. The summed E-state index contributed by atoms with van der Waals surface area (Å²) in [4.78, 5) is 12.3. The van der Waals surface area contributed by atoms with Crippen molar-refractivity contribution < 1.29 is 19.4 Å². The Morgan fingerprint density at radius 3 is 2.74 bits per heavy atom. The van der Waals surface area contributed by atoms with Gasteiger partial charge >= 0.3 is 6.03 Å². The molecule has 27 heavy (non-hydrogen) atoms. The second-order valence-corrected chi connectivity index (χ2v) is 6.79. The number of rotatable bonds is 6. The van der Waals surface area contributed by atoms with Gasteiger partial charge in [0.2, 0.25) is 0 Å². The van der Waals surface area contributed by atoms with Crippen LogP contribution in [0.4, 0.5) is 10.5 Å². The van der Waals surface area contributed by atoms with E-state index in [2.05, 4.69) is 10.6 Å². The third-order valence-corrected chi connectivity index (χ3v) is 4.46. The van der Waals surface area contributed by atoms with E-state index in [4.69, 9.17) is 9.47 Å². The highest BCUT2D eigenvalue weighted by Crippen LogP contribution is 2.22. The average molecular weight is 370 g/mol. The number of aliphatic hydroxyl groups is 1. The largest absolute Gasteiger partial charge is 0.394 e. The van der Waals surface area contributed by atoms with Crippen LogP contribution in [0.3, 0.4) is 0 Å². The van der Waals surface area contributed by atoms with Crippen LogP contribution >= 0.6 is 0 Å². The maximum absolute atomic E-state index is 12.3. The van der Waals surface area contributed by atoms with Gasteiger partial charge in [-0.3, -0.25) is 0 Å². The van der Waals surface area contributed by atoms with Gasteiger partial charge in [-0.15, -0.1) is 0 Å². The molecule has 6 nitrogen and oxygen atoms in total. The molecule has 0 saturated carbocycles. The molecule has 1 aliphatic rings. The van der Waals surface area contributed by atoms with Crippen LogP contribution in [0.1, 0.15) is 24.0 Å². The molecule has 144 valence electrons. The predicted octanol–water partition coefficient (Wildman–Crippen LogP) is 3.20. The molecular weight excluding hydrogens is 344 g/mol. The molecule has 2 aromatic carbocycles. The fourth-order valence-corrected chi connectivity index (χ4v) is 3.14. The molecule has 3 N–H and O–H groups in total. The van der Waals surface area contributed by atoms with Crippen LogP contribution in [-0.4, -0.2) is 36.2 Å². The van der Waals surface area contributed by atoms with E-state index in [9.17, 15) is 9.90 Å². The molecule has 1 fully saturated rings. The number of hydrogen-bond acceptors (Lipinski definition) is 4. The predicted molar refractivity (Wildman–Crippen MR) is 103 cm³/mol. The van der Waals surface area contributed by atoms with Crippen molar-refractivity contribution in [2.45, 2.75) is 44.8 Å². The van der Waals surface area contributed by atoms with E-state index < -0.39 is 6.23 Å². The van der Waals surface area contributed by atoms with Crippen molar-refractivity contribution in [3.05, 3.63) is 65.7 Å². The van der Waals surface area contributed by atoms with Crippen molar-refractivity contribution in [2.75, 3.05) is 11.9 Å². The van der Waals surface area contributed by atoms with Gasteiger partial charge in [0.1, 0.15) is 6.23 Å². The minimum atomic E-state index is -0.513. The number of aliphatic hydroxyl groups excluding tert-OH is 1. The summed E-state index contributed by atoms with van der Waals surface area (Å²) in [5.41, 5.74) is 2.88. The SMILES string of the molecule is Cc1cccc(NC(=O)NC2CC(OCc3ccccc3)CC(CO)O2)c1. The van der Waals surface area contributed by atoms with Crippen molar-refractivity contribution in [1.29, 1.82) is 0 Å². The van der Waals surface area contributed by atoms with Gasteiger partial charge in [-0.25, -0.2) is 4.79 Å². The summed E-state index contributed by atoms with van der Waals surface area (Å²) >= 11 is 0. The van der Waals surface area contributed by atoms with Gasteiger partial charge in [0.15, 0.2) is 0 Å². The van der Waals surface area contributed by atoms with Crippen molar-refractivity contribution >= 4 is 11.7 Å². The van der Waals surface area contributed by atoms with Crippen LogP contribution in [-0.2, 0) is 16.1 Å². The van der Waals surface area contributed by atoms with Gasteiger partial charge in [0.05, 0.1) is 25.4 Å². The quantitative estimate of drug-likeness (QED) is 0.730. The minimum absolute atomic E-state index is 0.0969. The Morgan fingerprint density at radius 2 is 2.00 bits per heavy atom. The molecule has 3 unspecified atom stereocenters. The molecule has 0 aromatic heterocycles. The number of aryl methyl sites for hydroxylation is 1. The third-order valence-electron chi connectivity index (χ3n) is 4.46. The van der Waals surface area contributed by atoms with E-state index in [-0.39, 0.29) is 24.8 Å². The highest BCUT2D eigenvalue weighted by atomic mass is 16.5. The molecular formula is C21H26N2O4. The summed E-state index contributed by atoms with van der Waals surface area (Å²) in [5, 5.41) is 15.1. The van der Waals surface area contributed by atoms with Gasteiger partial charge in [0.25, 0.3) is 0 Å². The summed E-state index contributed by atoms with van der Waals surface area (Å²) < 4.78 is 11.7. The molecule has 1 heterocycles. The number of hydrogen-bond donors (Lipinski definition) is 3. The van der Waals surface area contributed by atoms with Crippen LogP contribution < -0.4 is 10.6 Å². The van der Waals surface area contributed by atoms with E-state index in [1.54, 1.807) is 0 Å². The maximum atomic E-state index is 12.3. The lowest BCUT2D eigenvalue weighted by atomic mass is 10.0. The zero-order valence-electron chi connectivity index (χ0n) is 15.4. The van der Waals surface area contributed by atoms with Crippen molar-refractivity contribution in [1.82, 2.24) is 5.32 Å². The van der Waals surface area contributed by atoms with Crippen LogP contribution in [0.2, 0.25) is 0 Å². The van der Waals surface area contributed by atoms with Crippen molar-refractivity contribution in [3.8, 4) is 0 Å². The molecule has 2 aromatic rings. The first-order valence-corrected chi connectivity index (χ1v) is 9.18. The first kappa shape index (κ1) is 19.4. The number of ether oxygens (including phenoxy) is 2. The molecule has 6 heteroatoms. The summed E-state index contributed by atoms with van der Waals surface area (Å²) in [6.45, 7) is 2.35. The van der Waals surface area contributed by atoms with Gasteiger partial charge in [-0.2, -0.15) is 0 Å². The summed E-state index contributed by atoms with van der Waals surface area (Å²) in [5.74, 6) is 0.